The first kappa shape index (κ1) is 13.0. The van der Waals surface area contributed by atoms with E-state index in [2.05, 4.69) is 4.74 Å². The lowest BCUT2D eigenvalue weighted by Crippen LogP contribution is -2.07. The van der Waals surface area contributed by atoms with Gasteiger partial charge in [0.25, 0.3) is 0 Å². The molecule has 1 rings (SSSR count). The van der Waals surface area contributed by atoms with E-state index in [9.17, 15) is 14.0 Å². The number of carbonyl (C=O) groups excluding carboxylic acids is 1. The molecular weight excluding hydrogens is 231 g/mol. The summed E-state index contributed by atoms with van der Waals surface area (Å²) in [6, 6.07) is 3.57. The van der Waals surface area contributed by atoms with Crippen molar-refractivity contribution in [2.24, 2.45) is 0 Å². The fourth-order valence-corrected chi connectivity index (χ4v) is 1.11. The summed E-state index contributed by atoms with van der Waals surface area (Å²) in [6.07, 6.45) is -0.224. The number of carbonyl (C=O) groups is 2. The molecule has 0 saturated carbocycles. The van der Waals surface area contributed by atoms with E-state index in [0.717, 1.165) is 6.07 Å². The molecule has 1 aromatic rings. The van der Waals surface area contributed by atoms with E-state index in [1.807, 2.05) is 0 Å². The van der Waals surface area contributed by atoms with Crippen LogP contribution in [0, 0.1) is 5.82 Å². The molecule has 92 valence electrons. The fraction of sp³-hybridized carbons (Fsp3) is 0.273. The zero-order valence-electron chi connectivity index (χ0n) is 9.10. The van der Waals surface area contributed by atoms with Gasteiger partial charge in [-0.2, -0.15) is 0 Å². The first-order valence-corrected chi connectivity index (χ1v) is 4.77. The number of hydrogen-bond donors (Lipinski definition) is 1. The molecule has 0 amide bonds. The summed E-state index contributed by atoms with van der Waals surface area (Å²) in [5.41, 5.74) is 0.0654. The van der Waals surface area contributed by atoms with Crippen molar-refractivity contribution in [2.45, 2.75) is 6.42 Å². The summed E-state index contributed by atoms with van der Waals surface area (Å²) in [5.74, 6) is -2.52. The molecule has 0 aliphatic rings. The van der Waals surface area contributed by atoms with Gasteiger partial charge in [0.05, 0.1) is 25.7 Å². The van der Waals surface area contributed by atoms with Crippen LogP contribution in [0.1, 0.15) is 16.8 Å². The molecule has 0 fully saturated rings. The first-order valence-electron chi connectivity index (χ1n) is 4.77. The number of benzene rings is 1. The van der Waals surface area contributed by atoms with Gasteiger partial charge in [0, 0.05) is 0 Å². The van der Waals surface area contributed by atoms with E-state index in [0.29, 0.717) is 0 Å². The van der Waals surface area contributed by atoms with Gasteiger partial charge in [-0.1, -0.05) is 0 Å². The molecule has 0 bridgehead atoms. The zero-order chi connectivity index (χ0) is 12.8. The van der Waals surface area contributed by atoms with E-state index < -0.39 is 17.8 Å². The Hall–Kier alpha value is -2.11. The molecule has 0 spiro atoms. The van der Waals surface area contributed by atoms with Gasteiger partial charge in [-0.05, 0) is 18.2 Å². The molecule has 0 saturated heterocycles. The number of rotatable bonds is 5. The van der Waals surface area contributed by atoms with Crippen LogP contribution >= 0.6 is 0 Å². The molecule has 0 heterocycles. The quantitative estimate of drug-likeness (QED) is 0.791. The summed E-state index contributed by atoms with van der Waals surface area (Å²) < 4.78 is 22.7. The fourth-order valence-electron chi connectivity index (χ4n) is 1.11. The average Bonchev–Trinajstić information content (AvgIpc) is 2.29. The Morgan fingerprint density at radius 3 is 2.65 bits per heavy atom. The van der Waals surface area contributed by atoms with Crippen molar-refractivity contribution in [3.8, 4) is 5.75 Å². The molecule has 1 aromatic carbocycles. The third kappa shape index (κ3) is 3.75. The van der Waals surface area contributed by atoms with Crippen molar-refractivity contribution in [2.75, 3.05) is 13.7 Å². The highest BCUT2D eigenvalue weighted by atomic mass is 19.1. The maximum absolute atomic E-state index is 13.4. The Kier molecular flexibility index (Phi) is 4.45. The van der Waals surface area contributed by atoms with Crippen LogP contribution in [0.4, 0.5) is 4.39 Å². The van der Waals surface area contributed by atoms with Crippen molar-refractivity contribution in [3.05, 3.63) is 29.6 Å². The Morgan fingerprint density at radius 1 is 1.41 bits per heavy atom. The van der Waals surface area contributed by atoms with Gasteiger partial charge < -0.3 is 14.6 Å². The van der Waals surface area contributed by atoms with Crippen LogP contribution in [0.2, 0.25) is 0 Å². The molecule has 0 aliphatic carbocycles. The number of halogens is 1. The minimum Gasteiger partial charge on any atom is -0.490 e. The van der Waals surface area contributed by atoms with Crippen molar-refractivity contribution >= 4 is 11.9 Å². The van der Waals surface area contributed by atoms with Crippen molar-refractivity contribution < 1.29 is 28.6 Å². The Balaban J connectivity index is 2.69. The van der Waals surface area contributed by atoms with Gasteiger partial charge >= 0.3 is 11.9 Å². The number of esters is 1. The van der Waals surface area contributed by atoms with Crippen LogP contribution in [0.5, 0.6) is 5.75 Å². The van der Waals surface area contributed by atoms with Gasteiger partial charge in [-0.3, -0.25) is 4.79 Å². The monoisotopic (exact) mass is 242 g/mol. The van der Waals surface area contributed by atoms with Gasteiger partial charge in [0.2, 0.25) is 0 Å². The van der Waals surface area contributed by atoms with Crippen LogP contribution in [0.3, 0.4) is 0 Å². The molecule has 1 N–H and O–H groups in total. The maximum Gasteiger partial charge on any atom is 0.337 e. The van der Waals surface area contributed by atoms with Crippen LogP contribution in [-0.2, 0) is 9.53 Å². The lowest BCUT2D eigenvalue weighted by molar-refractivity contribution is -0.137. The summed E-state index contributed by atoms with van der Waals surface area (Å²) in [4.78, 5) is 21.3. The minimum absolute atomic E-state index is 0.0654. The topological polar surface area (TPSA) is 72.8 Å². The van der Waals surface area contributed by atoms with Crippen LogP contribution in [-0.4, -0.2) is 30.8 Å². The van der Waals surface area contributed by atoms with Crippen molar-refractivity contribution in [1.29, 1.82) is 0 Å². The van der Waals surface area contributed by atoms with E-state index in [1.54, 1.807) is 0 Å². The van der Waals surface area contributed by atoms with Crippen LogP contribution in [0.25, 0.3) is 0 Å². The lowest BCUT2D eigenvalue weighted by Gasteiger charge is -2.06. The summed E-state index contributed by atoms with van der Waals surface area (Å²) in [6.45, 7) is -0.135. The van der Waals surface area contributed by atoms with Gasteiger partial charge in [0.1, 0.15) is 0 Å². The highest BCUT2D eigenvalue weighted by Crippen LogP contribution is 2.18. The number of hydrogen-bond acceptors (Lipinski definition) is 4. The highest BCUT2D eigenvalue weighted by molar-refractivity contribution is 5.89. The lowest BCUT2D eigenvalue weighted by atomic mass is 10.2. The second-order valence-corrected chi connectivity index (χ2v) is 3.13. The SMILES string of the molecule is COC(=O)c1ccc(OCCC(=O)O)c(F)c1. The van der Waals surface area contributed by atoms with E-state index in [1.165, 1.54) is 19.2 Å². The van der Waals surface area contributed by atoms with Crippen LogP contribution < -0.4 is 4.74 Å². The Bertz CT molecular complexity index is 430. The number of carboxylic acids is 1. The summed E-state index contributed by atoms with van der Waals surface area (Å²) in [5, 5.41) is 8.37. The molecule has 6 heteroatoms. The summed E-state index contributed by atoms with van der Waals surface area (Å²) >= 11 is 0. The van der Waals surface area contributed by atoms with Gasteiger partial charge in [0.15, 0.2) is 11.6 Å². The smallest absolute Gasteiger partial charge is 0.337 e. The second-order valence-electron chi connectivity index (χ2n) is 3.13. The predicted molar refractivity (Wildman–Crippen MR) is 55.5 cm³/mol. The van der Waals surface area contributed by atoms with Crippen LogP contribution in [0.15, 0.2) is 18.2 Å². The standard InChI is InChI=1S/C11H11FO5/c1-16-11(15)7-2-3-9(8(12)6-7)17-5-4-10(13)14/h2-3,6H,4-5H2,1H3,(H,13,14). The predicted octanol–water partition coefficient (Wildman–Crippen LogP) is 1.47. The van der Waals surface area contributed by atoms with Crippen molar-refractivity contribution in [3.63, 3.8) is 0 Å². The average molecular weight is 242 g/mol. The molecule has 0 atom stereocenters. The Labute approximate surface area is 96.8 Å². The zero-order valence-corrected chi connectivity index (χ0v) is 9.10. The second kappa shape index (κ2) is 5.83. The molecule has 0 unspecified atom stereocenters. The molecule has 0 aromatic heterocycles. The molecule has 17 heavy (non-hydrogen) atoms. The molecule has 0 radical (unpaired) electrons. The molecular formula is C11H11FO5. The largest absolute Gasteiger partial charge is 0.490 e. The van der Waals surface area contributed by atoms with Crippen molar-refractivity contribution in [1.82, 2.24) is 0 Å². The number of aliphatic carboxylic acids is 1. The van der Waals surface area contributed by atoms with Gasteiger partial charge in [-0.15, -0.1) is 0 Å². The number of ether oxygens (including phenoxy) is 2. The molecule has 5 nitrogen and oxygen atoms in total. The third-order valence-electron chi connectivity index (χ3n) is 1.93. The molecule has 0 aliphatic heterocycles. The van der Waals surface area contributed by atoms with Gasteiger partial charge in [-0.25, -0.2) is 9.18 Å². The highest BCUT2D eigenvalue weighted by Gasteiger charge is 2.10. The number of methoxy groups -OCH3 is 1. The van der Waals surface area contributed by atoms with E-state index in [4.69, 9.17) is 9.84 Å². The van der Waals surface area contributed by atoms with E-state index >= 15 is 0 Å². The summed E-state index contributed by atoms with van der Waals surface area (Å²) in [7, 11) is 1.19. The maximum atomic E-state index is 13.4. The number of carboxylic acid groups (broad SMARTS) is 1. The van der Waals surface area contributed by atoms with E-state index in [-0.39, 0.29) is 24.3 Å². The third-order valence-corrected chi connectivity index (χ3v) is 1.93. The first-order chi connectivity index (χ1) is 8.04. The Morgan fingerprint density at radius 2 is 2.12 bits per heavy atom. The normalized spacial score (nSPS) is 9.76. The minimum atomic E-state index is -1.03.